The summed E-state index contributed by atoms with van der Waals surface area (Å²) in [6.07, 6.45) is 0. The third kappa shape index (κ3) is 4.07. The van der Waals surface area contributed by atoms with Crippen molar-refractivity contribution >= 4 is 16.7 Å². The van der Waals surface area contributed by atoms with Crippen molar-refractivity contribution in [3.05, 3.63) is 145 Å². The highest BCUT2D eigenvalue weighted by Gasteiger charge is 2.26. The molecular formula is C36H26O2. The third-order valence-electron chi connectivity index (χ3n) is 7.03. The summed E-state index contributed by atoms with van der Waals surface area (Å²) >= 11 is 0. The van der Waals surface area contributed by atoms with E-state index >= 15 is 0 Å². The average Bonchev–Trinajstić information content (AvgIpc) is 2.97. The van der Waals surface area contributed by atoms with Crippen molar-refractivity contribution < 1.29 is 9.90 Å². The predicted molar refractivity (Wildman–Crippen MR) is 157 cm³/mol. The van der Waals surface area contributed by atoms with Gasteiger partial charge in [0.15, 0.2) is 0 Å². The van der Waals surface area contributed by atoms with E-state index in [0.717, 1.165) is 60.8 Å². The number of aryl methyl sites for hydroxylation is 1. The molecule has 0 saturated heterocycles. The van der Waals surface area contributed by atoms with Gasteiger partial charge >= 0.3 is 5.97 Å². The molecule has 2 heteroatoms. The fraction of sp³-hybridized carbons (Fsp3) is 0.0278. The smallest absolute Gasteiger partial charge is 0.336 e. The maximum absolute atomic E-state index is 12.8. The molecule has 0 aliphatic rings. The molecule has 1 N–H and O–H groups in total. The molecule has 0 amide bonds. The van der Waals surface area contributed by atoms with E-state index in [2.05, 4.69) is 66.7 Å². The monoisotopic (exact) mass is 490 g/mol. The summed E-state index contributed by atoms with van der Waals surface area (Å²) in [5, 5.41) is 12.2. The SMILES string of the molecule is Cc1cc(C(=O)O)c2c(-c3ccccc3)c(-c3ccccc3)c(-c3ccccc3)c(-c3ccccc3)c2c1. The third-order valence-corrected chi connectivity index (χ3v) is 7.03. The molecule has 0 heterocycles. The minimum Gasteiger partial charge on any atom is -0.478 e. The Balaban J connectivity index is 1.97. The highest BCUT2D eigenvalue weighted by Crippen LogP contribution is 2.51. The van der Waals surface area contributed by atoms with Crippen LogP contribution in [0.4, 0.5) is 0 Å². The summed E-state index contributed by atoms with van der Waals surface area (Å²) in [5.74, 6) is -0.929. The maximum atomic E-state index is 12.8. The Morgan fingerprint density at radius 1 is 0.500 bits per heavy atom. The van der Waals surface area contributed by atoms with E-state index in [0.29, 0.717) is 5.56 Å². The summed E-state index contributed by atoms with van der Waals surface area (Å²) in [4.78, 5) is 12.8. The number of rotatable bonds is 5. The number of carboxylic acids is 1. The second-order valence-corrected chi connectivity index (χ2v) is 9.50. The van der Waals surface area contributed by atoms with Gasteiger partial charge in [0.25, 0.3) is 0 Å². The van der Waals surface area contributed by atoms with Crippen molar-refractivity contribution in [2.45, 2.75) is 6.92 Å². The van der Waals surface area contributed by atoms with Crippen LogP contribution in [0.1, 0.15) is 15.9 Å². The van der Waals surface area contributed by atoms with Crippen molar-refractivity contribution in [1.29, 1.82) is 0 Å². The number of aromatic carboxylic acids is 1. The predicted octanol–water partition coefficient (Wildman–Crippen LogP) is 9.51. The number of hydrogen-bond donors (Lipinski definition) is 1. The fourth-order valence-electron chi connectivity index (χ4n) is 5.52. The zero-order chi connectivity index (χ0) is 26.1. The van der Waals surface area contributed by atoms with E-state index < -0.39 is 5.97 Å². The highest BCUT2D eigenvalue weighted by atomic mass is 16.4. The number of carboxylic acid groups (broad SMARTS) is 1. The molecule has 182 valence electrons. The summed E-state index contributed by atoms with van der Waals surface area (Å²) < 4.78 is 0. The van der Waals surface area contributed by atoms with E-state index in [1.807, 2.05) is 67.6 Å². The highest BCUT2D eigenvalue weighted by molar-refractivity contribution is 6.22. The number of hydrogen-bond acceptors (Lipinski definition) is 1. The Morgan fingerprint density at radius 2 is 0.868 bits per heavy atom. The molecule has 6 rings (SSSR count). The fourth-order valence-corrected chi connectivity index (χ4v) is 5.52. The molecule has 6 aromatic rings. The summed E-state index contributed by atoms with van der Waals surface area (Å²) in [6, 6.07) is 45.2. The first-order valence-corrected chi connectivity index (χ1v) is 12.7. The second kappa shape index (κ2) is 9.84. The van der Waals surface area contributed by atoms with Gasteiger partial charge in [-0.3, -0.25) is 0 Å². The molecule has 6 aromatic carbocycles. The van der Waals surface area contributed by atoms with E-state index in [1.165, 1.54) is 0 Å². The lowest BCUT2D eigenvalue weighted by Crippen LogP contribution is -2.04. The standard InChI is InChI=1S/C36H26O2/c1-24-22-29-31(25-14-6-2-7-15-25)32(26-16-8-3-9-17-26)33(27-18-10-4-11-19-27)34(28-20-12-5-13-21-28)35(29)30(23-24)36(37)38/h2-23H,1H3,(H,37,38). The van der Waals surface area contributed by atoms with Crippen LogP contribution in [0.15, 0.2) is 133 Å². The van der Waals surface area contributed by atoms with Crippen LogP contribution in [0, 0.1) is 6.92 Å². The quantitative estimate of drug-likeness (QED) is 0.261. The van der Waals surface area contributed by atoms with Crippen molar-refractivity contribution in [1.82, 2.24) is 0 Å². The van der Waals surface area contributed by atoms with Crippen LogP contribution < -0.4 is 0 Å². The Hall–Kier alpha value is -4.95. The zero-order valence-corrected chi connectivity index (χ0v) is 21.1. The molecule has 0 spiro atoms. The Kier molecular flexibility index (Phi) is 6.07. The Morgan fingerprint density at radius 3 is 1.29 bits per heavy atom. The molecule has 0 unspecified atom stereocenters. The molecule has 0 aliphatic carbocycles. The summed E-state index contributed by atoms with van der Waals surface area (Å²) in [5.41, 5.74) is 9.49. The van der Waals surface area contributed by atoms with Gasteiger partial charge < -0.3 is 5.11 Å². The first-order valence-electron chi connectivity index (χ1n) is 12.7. The maximum Gasteiger partial charge on any atom is 0.336 e. The summed E-state index contributed by atoms with van der Waals surface area (Å²) in [7, 11) is 0. The molecule has 0 aromatic heterocycles. The Bertz CT molecular complexity index is 1760. The van der Waals surface area contributed by atoms with Gasteiger partial charge in [-0.1, -0.05) is 127 Å². The number of benzene rings is 6. The van der Waals surface area contributed by atoms with E-state index in [1.54, 1.807) is 6.07 Å². The number of carbonyl (C=O) groups is 1. The van der Waals surface area contributed by atoms with Crippen molar-refractivity contribution in [3.8, 4) is 44.5 Å². The largest absolute Gasteiger partial charge is 0.478 e. The van der Waals surface area contributed by atoms with Gasteiger partial charge in [0.05, 0.1) is 5.56 Å². The lowest BCUT2D eigenvalue weighted by atomic mass is 9.77. The second-order valence-electron chi connectivity index (χ2n) is 9.50. The first-order chi connectivity index (χ1) is 18.6. The van der Waals surface area contributed by atoms with Crippen molar-refractivity contribution in [3.63, 3.8) is 0 Å². The van der Waals surface area contributed by atoms with Crippen LogP contribution in [0.5, 0.6) is 0 Å². The van der Waals surface area contributed by atoms with Gasteiger partial charge in [-0.05, 0) is 68.4 Å². The van der Waals surface area contributed by atoms with Crippen LogP contribution in [0.25, 0.3) is 55.3 Å². The number of fused-ring (bicyclic) bond motifs is 1. The van der Waals surface area contributed by atoms with Gasteiger partial charge in [-0.25, -0.2) is 4.79 Å². The molecule has 0 atom stereocenters. The lowest BCUT2D eigenvalue weighted by Gasteiger charge is -2.25. The van der Waals surface area contributed by atoms with E-state index in [4.69, 9.17) is 0 Å². The van der Waals surface area contributed by atoms with Gasteiger partial charge in [0.2, 0.25) is 0 Å². The van der Waals surface area contributed by atoms with Crippen LogP contribution in [-0.4, -0.2) is 11.1 Å². The minimum absolute atomic E-state index is 0.313. The van der Waals surface area contributed by atoms with Gasteiger partial charge in [0, 0.05) is 5.39 Å². The molecule has 0 saturated carbocycles. The molecule has 38 heavy (non-hydrogen) atoms. The molecule has 0 fully saturated rings. The van der Waals surface area contributed by atoms with Crippen LogP contribution >= 0.6 is 0 Å². The average molecular weight is 491 g/mol. The van der Waals surface area contributed by atoms with Crippen LogP contribution in [-0.2, 0) is 0 Å². The van der Waals surface area contributed by atoms with Crippen LogP contribution in [0.3, 0.4) is 0 Å². The van der Waals surface area contributed by atoms with Gasteiger partial charge in [-0.2, -0.15) is 0 Å². The summed E-state index contributed by atoms with van der Waals surface area (Å²) in [6.45, 7) is 1.97. The van der Waals surface area contributed by atoms with Crippen molar-refractivity contribution in [2.24, 2.45) is 0 Å². The van der Waals surface area contributed by atoms with E-state index in [-0.39, 0.29) is 0 Å². The van der Waals surface area contributed by atoms with Gasteiger partial charge in [-0.15, -0.1) is 0 Å². The normalized spacial score (nSPS) is 11.0. The first kappa shape index (κ1) is 23.4. The molecule has 2 nitrogen and oxygen atoms in total. The topological polar surface area (TPSA) is 37.3 Å². The van der Waals surface area contributed by atoms with Crippen LogP contribution in [0.2, 0.25) is 0 Å². The van der Waals surface area contributed by atoms with E-state index in [9.17, 15) is 9.90 Å². The zero-order valence-electron chi connectivity index (χ0n) is 21.1. The van der Waals surface area contributed by atoms with Crippen molar-refractivity contribution in [2.75, 3.05) is 0 Å². The minimum atomic E-state index is -0.929. The molecule has 0 aliphatic heterocycles. The Labute approximate surface area is 222 Å². The lowest BCUT2D eigenvalue weighted by molar-refractivity contribution is 0.0699. The molecular weight excluding hydrogens is 464 g/mol. The molecule has 0 bridgehead atoms. The van der Waals surface area contributed by atoms with Gasteiger partial charge in [0.1, 0.15) is 0 Å². The molecule has 0 radical (unpaired) electrons.